The summed E-state index contributed by atoms with van der Waals surface area (Å²) in [6.45, 7) is 5.74. The van der Waals surface area contributed by atoms with E-state index >= 15 is 0 Å². The van der Waals surface area contributed by atoms with Crippen LogP contribution in [0.3, 0.4) is 0 Å². The highest BCUT2D eigenvalue weighted by Crippen LogP contribution is 2.39. The molecule has 6 aromatic rings. The molecular weight excluding hydrogens is 832 g/mol. The van der Waals surface area contributed by atoms with Crippen LogP contribution in [0.25, 0.3) is 0 Å². The van der Waals surface area contributed by atoms with Crippen LogP contribution in [0.4, 0.5) is 21.1 Å². The third kappa shape index (κ3) is 10.00. The van der Waals surface area contributed by atoms with Gasteiger partial charge in [0.2, 0.25) is 0 Å². The molecule has 2 aliphatic heterocycles. The molecule has 2 N–H and O–H groups in total. The largest absolute Gasteiger partial charge is 0.323 e. The second kappa shape index (κ2) is 20.1. The molecule has 324 valence electrons. The Balaban J connectivity index is 0.000000170. The molecule has 2 unspecified atom stereocenters. The van der Waals surface area contributed by atoms with E-state index in [1.165, 1.54) is 33.4 Å². The molecule has 2 aromatic carbocycles. The third-order valence-corrected chi connectivity index (χ3v) is 12.7. The maximum absolute atomic E-state index is 12.7. The molecule has 2 aliphatic carbocycles. The van der Waals surface area contributed by atoms with E-state index in [4.69, 9.17) is 33.2 Å². The van der Waals surface area contributed by atoms with E-state index in [0.717, 1.165) is 73.3 Å². The van der Waals surface area contributed by atoms with Gasteiger partial charge in [0.25, 0.3) is 0 Å². The van der Waals surface area contributed by atoms with Crippen LogP contribution in [0.1, 0.15) is 64.3 Å². The van der Waals surface area contributed by atoms with Gasteiger partial charge in [0.05, 0.1) is 35.4 Å². The van der Waals surface area contributed by atoms with E-state index in [1.807, 2.05) is 70.7 Å². The number of halogens is 2. The molecule has 2 atom stereocenters. The van der Waals surface area contributed by atoms with E-state index in [-0.39, 0.29) is 31.6 Å². The van der Waals surface area contributed by atoms with Gasteiger partial charge in [0.15, 0.2) is 0 Å². The second-order valence-electron chi connectivity index (χ2n) is 15.9. The molecule has 0 saturated carbocycles. The van der Waals surface area contributed by atoms with Crippen molar-refractivity contribution in [3.05, 3.63) is 177 Å². The molecular formula is C49H52Cl2N10O2. The van der Waals surface area contributed by atoms with Crippen LogP contribution >= 0.6 is 23.2 Å². The van der Waals surface area contributed by atoms with Crippen molar-refractivity contribution in [2.24, 2.45) is 0 Å². The number of aromatic nitrogens is 4. The standard InChI is InChI=1S/2C24H24ClN5O.CH4/c25-19-7-8-21-18(15-19)6-5-17-3-1-10-27-22(17)23(21)29-11-13-30(14-12-29)24(31)28-20-4-2-9-26-16-20;25-19-8-9-20-18(16-19)7-6-17-4-3-11-27-22(17)23(20)29-12-14-30(15-13-29)24(31)28-21-5-1-2-10-26-21;/h1-4,7-10,15-16,23H,5-6,11-14H2,(H,28,31);1-5,8-11,16,23H,6-7,12-15H2,(H,26,28,31);1H4. The number of benzene rings is 2. The number of urea groups is 2. The summed E-state index contributed by atoms with van der Waals surface area (Å²) >= 11 is 12.6. The average Bonchev–Trinajstić information content (AvgIpc) is 3.57. The first kappa shape index (κ1) is 43.7. The van der Waals surface area contributed by atoms with Crippen molar-refractivity contribution >= 4 is 46.8 Å². The van der Waals surface area contributed by atoms with Gasteiger partial charge < -0.3 is 15.1 Å². The molecule has 4 aliphatic rings. The predicted octanol–water partition coefficient (Wildman–Crippen LogP) is 8.97. The highest BCUT2D eigenvalue weighted by molar-refractivity contribution is 6.31. The SMILES string of the molecule is C.O=C(Nc1ccccn1)N1CCN(C2c3ccc(Cl)cc3CCc3cccnc32)CC1.O=C(Nc1cccnc1)N1CCN(C2c3ccc(Cl)cc3CCc3cccnc32)CC1. The van der Waals surface area contributed by atoms with Crippen molar-refractivity contribution in [3.8, 4) is 0 Å². The molecule has 4 aromatic heterocycles. The van der Waals surface area contributed by atoms with E-state index in [1.54, 1.807) is 24.7 Å². The molecule has 0 spiro atoms. The van der Waals surface area contributed by atoms with Crippen LogP contribution in [0.5, 0.6) is 0 Å². The number of nitrogens with one attached hydrogen (secondary N) is 2. The summed E-state index contributed by atoms with van der Waals surface area (Å²) in [6, 6.07) is 29.9. The summed E-state index contributed by atoms with van der Waals surface area (Å²) < 4.78 is 0. The number of amides is 4. The Morgan fingerprint density at radius 1 is 0.524 bits per heavy atom. The normalized spacial score (nSPS) is 18.3. The minimum Gasteiger partial charge on any atom is -0.322 e. The Morgan fingerprint density at radius 2 is 1.02 bits per heavy atom. The Kier molecular flexibility index (Phi) is 13.9. The Morgan fingerprint density at radius 3 is 1.51 bits per heavy atom. The number of fused-ring (bicyclic) bond motifs is 4. The number of anilines is 2. The smallest absolute Gasteiger partial charge is 0.322 e. The van der Waals surface area contributed by atoms with Crippen molar-refractivity contribution in [3.63, 3.8) is 0 Å². The van der Waals surface area contributed by atoms with Crippen LogP contribution < -0.4 is 10.6 Å². The van der Waals surface area contributed by atoms with E-state index in [9.17, 15) is 9.59 Å². The lowest BCUT2D eigenvalue weighted by molar-refractivity contribution is 0.124. The Labute approximate surface area is 379 Å². The van der Waals surface area contributed by atoms with Gasteiger partial charge in [-0.1, -0.05) is 61.0 Å². The summed E-state index contributed by atoms with van der Waals surface area (Å²) in [6.07, 6.45) is 12.6. The van der Waals surface area contributed by atoms with Crippen molar-refractivity contribution in [2.75, 3.05) is 63.0 Å². The molecule has 12 nitrogen and oxygen atoms in total. The van der Waals surface area contributed by atoms with Gasteiger partial charge in [0, 0.05) is 87.2 Å². The zero-order valence-electron chi connectivity index (χ0n) is 34.3. The molecule has 63 heavy (non-hydrogen) atoms. The topological polar surface area (TPSA) is 123 Å². The Bertz CT molecular complexity index is 2340. The van der Waals surface area contributed by atoms with Crippen LogP contribution in [0.2, 0.25) is 10.0 Å². The average molecular weight is 884 g/mol. The van der Waals surface area contributed by atoms with Crippen LogP contribution in [0, 0.1) is 0 Å². The first-order valence-corrected chi connectivity index (χ1v) is 22.0. The summed E-state index contributed by atoms with van der Waals surface area (Å²) in [5.41, 5.74) is 10.6. The zero-order chi connectivity index (χ0) is 42.4. The van der Waals surface area contributed by atoms with Crippen LogP contribution in [-0.2, 0) is 25.7 Å². The third-order valence-electron chi connectivity index (χ3n) is 12.2. The van der Waals surface area contributed by atoms with Crippen molar-refractivity contribution in [2.45, 2.75) is 45.2 Å². The summed E-state index contributed by atoms with van der Waals surface area (Å²) in [4.78, 5) is 51.8. The second-order valence-corrected chi connectivity index (χ2v) is 16.8. The van der Waals surface area contributed by atoms with Gasteiger partial charge in [-0.05, 0) is 120 Å². The number of nitrogens with zero attached hydrogens (tertiary/aromatic N) is 8. The number of carbonyl (C=O) groups excluding carboxylic acids is 2. The zero-order valence-corrected chi connectivity index (χ0v) is 35.8. The molecule has 14 heteroatoms. The fourth-order valence-corrected chi connectivity index (χ4v) is 9.52. The Hall–Kier alpha value is -5.92. The van der Waals surface area contributed by atoms with Gasteiger partial charge >= 0.3 is 12.1 Å². The lowest BCUT2D eigenvalue weighted by Crippen LogP contribution is -2.51. The van der Waals surface area contributed by atoms with Crippen molar-refractivity contribution in [1.29, 1.82) is 0 Å². The highest BCUT2D eigenvalue weighted by Gasteiger charge is 2.35. The fraction of sp³-hybridized carbons (Fsp3) is 0.306. The lowest BCUT2D eigenvalue weighted by Gasteiger charge is -2.39. The molecule has 6 heterocycles. The van der Waals surface area contributed by atoms with Gasteiger partial charge in [0.1, 0.15) is 5.82 Å². The summed E-state index contributed by atoms with van der Waals surface area (Å²) in [5.74, 6) is 0.572. The molecule has 2 saturated heterocycles. The molecule has 10 rings (SSSR count). The summed E-state index contributed by atoms with van der Waals surface area (Å²) in [5, 5.41) is 7.36. The minimum absolute atomic E-state index is 0. The summed E-state index contributed by atoms with van der Waals surface area (Å²) in [7, 11) is 0. The number of hydrogen-bond donors (Lipinski definition) is 2. The fourth-order valence-electron chi connectivity index (χ4n) is 9.14. The number of carbonyl (C=O) groups is 2. The monoisotopic (exact) mass is 882 g/mol. The van der Waals surface area contributed by atoms with Crippen molar-refractivity contribution in [1.82, 2.24) is 39.5 Å². The van der Waals surface area contributed by atoms with E-state index < -0.39 is 0 Å². The molecule has 0 bridgehead atoms. The van der Waals surface area contributed by atoms with Gasteiger partial charge in [-0.15, -0.1) is 0 Å². The van der Waals surface area contributed by atoms with Crippen molar-refractivity contribution < 1.29 is 9.59 Å². The van der Waals surface area contributed by atoms with Crippen LogP contribution in [0.15, 0.2) is 122 Å². The minimum atomic E-state index is -0.107. The number of aryl methyl sites for hydroxylation is 4. The van der Waals surface area contributed by atoms with Gasteiger partial charge in [-0.2, -0.15) is 0 Å². The lowest BCUT2D eigenvalue weighted by atomic mass is 9.96. The molecule has 4 amide bonds. The van der Waals surface area contributed by atoms with Gasteiger partial charge in [-0.3, -0.25) is 30.1 Å². The first-order valence-electron chi connectivity index (χ1n) is 21.2. The number of piperazine rings is 2. The number of rotatable bonds is 4. The highest BCUT2D eigenvalue weighted by atomic mass is 35.5. The predicted molar refractivity (Wildman–Crippen MR) is 249 cm³/mol. The van der Waals surface area contributed by atoms with Crippen LogP contribution in [-0.4, -0.2) is 104 Å². The maximum atomic E-state index is 12.7. The van der Waals surface area contributed by atoms with E-state index in [0.29, 0.717) is 37.7 Å². The number of hydrogen-bond acceptors (Lipinski definition) is 8. The quantitative estimate of drug-likeness (QED) is 0.180. The number of pyridine rings is 4. The molecule has 2 fully saturated rings. The van der Waals surface area contributed by atoms with Gasteiger partial charge in [-0.25, -0.2) is 14.6 Å². The van der Waals surface area contributed by atoms with E-state index in [2.05, 4.69) is 66.8 Å². The first-order chi connectivity index (χ1) is 30.4. The molecule has 0 radical (unpaired) electrons. The maximum Gasteiger partial charge on any atom is 0.323 e.